The first-order valence-electron chi connectivity index (χ1n) is 37.5. The summed E-state index contributed by atoms with van der Waals surface area (Å²) in [5, 5.41) is 43.2. The summed E-state index contributed by atoms with van der Waals surface area (Å²) >= 11 is 0. The van der Waals surface area contributed by atoms with Crippen molar-refractivity contribution >= 4 is 82.8 Å². The van der Waals surface area contributed by atoms with Gasteiger partial charge in [-0.2, -0.15) is 0 Å². The monoisotopic (exact) mass is 1480 g/mol. The van der Waals surface area contributed by atoms with Crippen molar-refractivity contribution in [2.75, 3.05) is 13.1 Å². The second-order valence-electron chi connectivity index (χ2n) is 30.2. The third kappa shape index (κ3) is 27.7. The highest BCUT2D eigenvalue weighted by molar-refractivity contribution is 6.03. The van der Waals surface area contributed by atoms with Crippen LogP contribution in [0, 0.1) is 47.3 Å². The average molecular weight is 1480 g/mol. The van der Waals surface area contributed by atoms with Gasteiger partial charge in [-0.25, -0.2) is 4.79 Å². The van der Waals surface area contributed by atoms with E-state index in [0.29, 0.717) is 30.7 Å². The maximum atomic E-state index is 15.0. The Morgan fingerprint density at radius 3 is 1.69 bits per heavy atom. The van der Waals surface area contributed by atoms with Crippen LogP contribution in [0.2, 0.25) is 0 Å². The van der Waals surface area contributed by atoms with Crippen molar-refractivity contribution in [2.45, 2.75) is 280 Å². The number of amides is 13. The third-order valence-electron chi connectivity index (χ3n) is 19.3. The van der Waals surface area contributed by atoms with Gasteiger partial charge in [0.1, 0.15) is 84.3 Å². The van der Waals surface area contributed by atoms with E-state index in [9.17, 15) is 62.6 Å². The summed E-state index contributed by atoms with van der Waals surface area (Å²) < 4.78 is 5.96. The Kier molecular flexibility index (Phi) is 37.8. The van der Waals surface area contributed by atoms with Crippen LogP contribution in [0.5, 0.6) is 0 Å². The van der Waals surface area contributed by atoms with Gasteiger partial charge in [-0.1, -0.05) is 166 Å². The van der Waals surface area contributed by atoms with Crippen molar-refractivity contribution in [3.05, 3.63) is 47.7 Å². The number of aliphatic hydroxyl groups is 1. The van der Waals surface area contributed by atoms with E-state index in [1.807, 2.05) is 13.8 Å². The second kappa shape index (κ2) is 43.8. The van der Waals surface area contributed by atoms with Gasteiger partial charge >= 0.3 is 5.97 Å². The number of nitrogens with zero attached hydrogens (tertiary/aromatic N) is 1. The van der Waals surface area contributed by atoms with Crippen molar-refractivity contribution < 1.29 is 77.0 Å². The molecule has 590 valence electrons. The molecular weight excluding hydrogens is 1350 g/mol. The number of allylic oxidation sites excluding steroid dienone is 1. The number of likely N-dealkylation sites (tertiary alicyclic amines) is 1. The molecule has 105 heavy (non-hydrogen) atoms. The first-order chi connectivity index (χ1) is 49.2. The van der Waals surface area contributed by atoms with E-state index in [-0.39, 0.29) is 63.2 Å². The molecule has 0 spiro atoms. The van der Waals surface area contributed by atoms with E-state index in [2.05, 4.69) is 63.8 Å². The zero-order valence-corrected chi connectivity index (χ0v) is 65.2. The molecule has 0 bridgehead atoms. The maximum absolute atomic E-state index is 15.0. The molecule has 30 heteroatoms. The number of rotatable bonds is 33. The topological polar surface area (TPSA) is 442 Å². The fraction of sp³-hybridized carbons (Fsp3) is 0.707. The summed E-state index contributed by atoms with van der Waals surface area (Å²) in [4.78, 5) is 202. The Balaban J connectivity index is 2.00. The highest BCUT2D eigenvalue weighted by atomic mass is 16.5. The van der Waals surface area contributed by atoms with E-state index in [1.54, 1.807) is 127 Å². The molecule has 0 radical (unpaired) electrons. The van der Waals surface area contributed by atoms with Crippen LogP contribution in [-0.4, -0.2) is 191 Å². The van der Waals surface area contributed by atoms with E-state index in [0.717, 1.165) is 6.42 Å². The molecule has 2 fully saturated rings. The number of cyclic esters (lactones) is 1. The lowest BCUT2D eigenvalue weighted by Crippen LogP contribution is -2.64. The number of benzene rings is 1. The van der Waals surface area contributed by atoms with Gasteiger partial charge in [-0.15, -0.1) is 0 Å². The van der Waals surface area contributed by atoms with Crippen molar-refractivity contribution in [1.82, 2.24) is 68.7 Å². The number of aliphatic hydroxyl groups excluding tert-OH is 1. The number of hydrogen-bond acceptors (Lipinski definition) is 17. The normalized spacial score (nSPS) is 22.6. The number of esters is 1. The number of nitrogens with one attached hydrogen (secondary N) is 12. The van der Waals surface area contributed by atoms with Gasteiger partial charge in [0.2, 0.25) is 70.9 Å². The molecule has 3 rings (SSSR count). The Morgan fingerprint density at radius 2 is 1.15 bits per heavy atom. The molecule has 2 heterocycles. The van der Waals surface area contributed by atoms with Crippen molar-refractivity contribution in [3.63, 3.8) is 0 Å². The van der Waals surface area contributed by atoms with E-state index >= 15 is 9.59 Å². The van der Waals surface area contributed by atoms with Crippen LogP contribution < -0.4 is 69.5 Å². The molecule has 16 atom stereocenters. The molecule has 0 unspecified atom stereocenters. The molecule has 2 aliphatic rings. The molecule has 1 aromatic carbocycles. The Morgan fingerprint density at radius 1 is 0.610 bits per heavy atom. The van der Waals surface area contributed by atoms with Crippen LogP contribution in [0.3, 0.4) is 0 Å². The van der Waals surface area contributed by atoms with Crippen LogP contribution in [0.4, 0.5) is 0 Å². The van der Waals surface area contributed by atoms with Crippen molar-refractivity contribution in [1.29, 1.82) is 0 Å². The molecule has 13 amide bonds. The molecule has 15 N–H and O–H groups in total. The van der Waals surface area contributed by atoms with Crippen molar-refractivity contribution in [2.24, 2.45) is 53.1 Å². The van der Waals surface area contributed by atoms with Gasteiger partial charge < -0.3 is 84.3 Å². The summed E-state index contributed by atoms with van der Waals surface area (Å²) in [6.07, 6.45) is 1.02. The Bertz CT molecular complexity index is 3160. The van der Waals surface area contributed by atoms with Crippen LogP contribution in [0.1, 0.15) is 195 Å². The fourth-order valence-electron chi connectivity index (χ4n) is 12.1. The first-order valence-corrected chi connectivity index (χ1v) is 37.5. The number of carbonyl (C=O) groups is 14. The van der Waals surface area contributed by atoms with Crippen LogP contribution >= 0.6 is 0 Å². The lowest BCUT2D eigenvalue weighted by Gasteiger charge is -2.33. The second-order valence-corrected chi connectivity index (χ2v) is 30.2. The smallest absolute Gasteiger partial charge is 0.329 e. The molecule has 2 aliphatic heterocycles. The molecule has 1 aromatic rings. The predicted octanol–water partition coefficient (Wildman–Crippen LogP) is 1.84. The maximum Gasteiger partial charge on any atom is 0.329 e. The van der Waals surface area contributed by atoms with Gasteiger partial charge in [0.25, 0.3) is 5.91 Å². The quantitative estimate of drug-likeness (QED) is 0.0353. The molecule has 0 aromatic heterocycles. The summed E-state index contributed by atoms with van der Waals surface area (Å²) in [5.41, 5.74) is 6.34. The minimum Gasteiger partial charge on any atom is -0.458 e. The summed E-state index contributed by atoms with van der Waals surface area (Å²) in [5.74, 6) is -15.1. The van der Waals surface area contributed by atoms with Gasteiger partial charge in [0.05, 0.1) is 6.10 Å². The summed E-state index contributed by atoms with van der Waals surface area (Å²) in [7, 11) is 0. The number of nitrogens with two attached hydrogens (primary N) is 1. The highest BCUT2D eigenvalue weighted by Gasteiger charge is 2.44. The number of ether oxygens (including phenoxy) is 1. The fourth-order valence-corrected chi connectivity index (χ4v) is 12.1. The molecule has 30 nitrogen and oxygen atoms in total. The Hall–Kier alpha value is -8.54. The first kappa shape index (κ1) is 90.7. The SMILES string of the molecule is C/C=C1/NC(=O)[C@H](Cc2ccccc2)NC(=O)[C@H](C(C)C)NC(=O)[C@@H]([C@@H](C)CC)NC(=O)[C@@H](NC(=O)[C@H](NC(=O)[C@H](CCCN)NC(=O)[C@H]2CCCN2C(=O)[C@@H](NC(=O)[C@@H](NC(=O)[C@@H](NC(=O)[C@@H](NC(=O)CCCC(C)C)C(C)C)[C@@H](C)O)C(C)C)C(C)C)[C@@H](C)CC)[C@@H](C)OC(=O)[C@H](C(C)C)NC1=O. The highest BCUT2D eigenvalue weighted by Crippen LogP contribution is 2.23. The number of carbonyl (C=O) groups excluding carboxylic acids is 14. The minimum absolute atomic E-state index is 0.0355. The number of hydrogen-bond donors (Lipinski definition) is 14. The standard InChI is InChI=1S/C75H124N14O16/c1-20-44(16)59(71(100)88-62-47(19)105-75(104)58(43(14)15)84-63(92)49(22-3)77-65(94)51(37-48-30-24-23-25-31-48)79-67(96)55(40(8)9)81-70(99)60(45(17)21-2)86-73(62)102)85-64(93)50(32-27-35-76)78-66(95)52-33-28-36-89(52)74(103)57(42(12)13)83-69(98)56(41(10)11)82-72(101)61(46(18)90)87-68(97)54(39(6)7)80-53(91)34-26-29-38(4)5/h22-25,30-31,38-47,50-52,54-62,90H,20-21,26-29,32-37,76H2,1-19H3,(H,77,94)(H,78,95)(H,79,96)(H,80,91)(H,81,99)(H,82,101)(H,83,98)(H,84,92)(H,85,93)(H,86,102)(H,87,97)(H,88,100)/b49-22+/t44-,45-,46+,47+,50-,51-,52+,54-,55-,56-,57-,58-,59+,60+,61-,62-/m0/s1. The van der Waals surface area contributed by atoms with Gasteiger partial charge in [-0.05, 0) is 112 Å². The van der Waals surface area contributed by atoms with Gasteiger partial charge in [-0.3, -0.25) is 62.3 Å². The minimum atomic E-state index is -1.83. The van der Waals surface area contributed by atoms with E-state index in [1.165, 1.54) is 31.7 Å². The average Bonchev–Trinajstić information content (AvgIpc) is 1.79. The summed E-state index contributed by atoms with van der Waals surface area (Å²) in [6.45, 7) is 31.8. The van der Waals surface area contributed by atoms with Crippen LogP contribution in [0.25, 0.3) is 0 Å². The molecule has 2 saturated heterocycles. The lowest BCUT2D eigenvalue weighted by atomic mass is 9.95. The van der Waals surface area contributed by atoms with E-state index in [4.69, 9.17) is 10.5 Å². The predicted molar refractivity (Wildman–Crippen MR) is 395 cm³/mol. The van der Waals surface area contributed by atoms with Crippen LogP contribution in [0.15, 0.2) is 42.1 Å². The third-order valence-corrected chi connectivity index (χ3v) is 19.3. The summed E-state index contributed by atoms with van der Waals surface area (Å²) in [6, 6.07) is -7.67. The van der Waals surface area contributed by atoms with Gasteiger partial charge in [0.15, 0.2) is 0 Å². The van der Waals surface area contributed by atoms with E-state index < -0.39 is 203 Å². The Labute approximate surface area is 620 Å². The molecular formula is C75H124N14O16. The zero-order valence-electron chi connectivity index (χ0n) is 65.2. The van der Waals surface area contributed by atoms with Gasteiger partial charge in [0, 0.05) is 19.4 Å². The largest absolute Gasteiger partial charge is 0.458 e. The van der Waals surface area contributed by atoms with Crippen LogP contribution in [-0.2, 0) is 78.3 Å². The molecule has 0 saturated carbocycles. The molecule has 0 aliphatic carbocycles. The lowest BCUT2D eigenvalue weighted by molar-refractivity contribution is -0.157. The zero-order chi connectivity index (χ0) is 79.4. The van der Waals surface area contributed by atoms with Crippen molar-refractivity contribution in [3.8, 4) is 0 Å².